The standard InChI is InChI=1S/C35H34F5N3O3/c1-20(44)42-18-24-16-26(22-9-7-21(8-10-22)4-3-15-46-34-29(38)14-13-28(37)33(34)40)31(30(19-42)41-24)35(45)43(25-11-12-25)17-23-5-2-6-27(36)32(23)39/h2,5-10,13-14,24-25,30,41H,3-4,11-12,15-19H2,1H3/t24?,30-/m1/s1. The molecular weight excluding hydrogens is 605 g/mol. The van der Waals surface area contributed by atoms with Crippen molar-refractivity contribution in [2.45, 2.75) is 63.7 Å². The van der Waals surface area contributed by atoms with Gasteiger partial charge in [0, 0.05) is 49.8 Å². The number of hydrogen-bond donors (Lipinski definition) is 1. The number of hydrogen-bond acceptors (Lipinski definition) is 4. The van der Waals surface area contributed by atoms with Crippen molar-refractivity contribution in [3.05, 3.63) is 106 Å². The summed E-state index contributed by atoms with van der Waals surface area (Å²) in [6, 6.07) is 12.6. The number of ether oxygens (including phenoxy) is 1. The normalized spacial score (nSPS) is 19.3. The van der Waals surface area contributed by atoms with Crippen molar-refractivity contribution in [2.75, 3.05) is 19.7 Å². The lowest BCUT2D eigenvalue weighted by molar-refractivity contribution is -0.132. The molecule has 2 bridgehead atoms. The molecule has 2 fully saturated rings. The molecule has 242 valence electrons. The average Bonchev–Trinajstić information content (AvgIpc) is 3.88. The third-order valence-corrected chi connectivity index (χ3v) is 8.86. The van der Waals surface area contributed by atoms with Crippen LogP contribution in [0.3, 0.4) is 0 Å². The number of aryl methyl sites for hydroxylation is 1. The fourth-order valence-corrected chi connectivity index (χ4v) is 6.35. The van der Waals surface area contributed by atoms with Crippen LogP contribution in [-0.2, 0) is 22.6 Å². The van der Waals surface area contributed by atoms with Gasteiger partial charge in [-0.2, -0.15) is 4.39 Å². The van der Waals surface area contributed by atoms with E-state index in [1.54, 1.807) is 9.80 Å². The number of rotatable bonds is 10. The minimum absolute atomic E-state index is 0.0204. The van der Waals surface area contributed by atoms with Crippen molar-refractivity contribution in [2.24, 2.45) is 0 Å². The van der Waals surface area contributed by atoms with Gasteiger partial charge < -0.3 is 19.9 Å². The van der Waals surface area contributed by atoms with E-state index in [1.165, 1.54) is 19.1 Å². The fraction of sp³-hybridized carbons (Fsp3) is 0.371. The molecule has 2 heterocycles. The van der Waals surface area contributed by atoms with Gasteiger partial charge in [-0.15, -0.1) is 0 Å². The Morgan fingerprint density at radius 2 is 1.63 bits per heavy atom. The molecule has 3 aromatic carbocycles. The van der Waals surface area contributed by atoms with Crippen LogP contribution in [0, 0.1) is 29.1 Å². The average molecular weight is 640 g/mol. The minimum atomic E-state index is -1.36. The zero-order chi connectivity index (χ0) is 32.5. The molecule has 1 aliphatic carbocycles. The van der Waals surface area contributed by atoms with Crippen LogP contribution in [0.1, 0.15) is 49.3 Å². The van der Waals surface area contributed by atoms with Gasteiger partial charge in [-0.05, 0) is 67.0 Å². The second-order valence-electron chi connectivity index (χ2n) is 12.1. The Balaban J connectivity index is 1.24. The summed E-state index contributed by atoms with van der Waals surface area (Å²) in [6.45, 7) is 2.23. The maximum absolute atomic E-state index is 14.7. The van der Waals surface area contributed by atoms with Crippen LogP contribution in [0.25, 0.3) is 5.57 Å². The Morgan fingerprint density at radius 3 is 2.35 bits per heavy atom. The number of nitrogens with one attached hydrogen (secondary N) is 1. The summed E-state index contributed by atoms with van der Waals surface area (Å²) in [4.78, 5) is 30.1. The van der Waals surface area contributed by atoms with Crippen molar-refractivity contribution in [1.29, 1.82) is 0 Å². The van der Waals surface area contributed by atoms with Gasteiger partial charge in [-0.1, -0.05) is 36.4 Å². The highest BCUT2D eigenvalue weighted by atomic mass is 19.2. The van der Waals surface area contributed by atoms with Gasteiger partial charge in [0.1, 0.15) is 0 Å². The van der Waals surface area contributed by atoms with E-state index in [9.17, 15) is 31.5 Å². The zero-order valence-corrected chi connectivity index (χ0v) is 25.3. The highest BCUT2D eigenvalue weighted by Gasteiger charge is 2.43. The molecule has 6 rings (SSSR count). The first-order valence-electron chi connectivity index (χ1n) is 15.4. The van der Waals surface area contributed by atoms with Crippen LogP contribution in [0.2, 0.25) is 0 Å². The van der Waals surface area contributed by atoms with Gasteiger partial charge in [-0.3, -0.25) is 9.59 Å². The molecule has 3 aliphatic rings. The number of fused-ring (bicyclic) bond motifs is 2. The fourth-order valence-electron chi connectivity index (χ4n) is 6.35. The van der Waals surface area contributed by atoms with Crippen molar-refractivity contribution >= 4 is 17.4 Å². The molecule has 6 nitrogen and oxygen atoms in total. The van der Waals surface area contributed by atoms with Crippen LogP contribution in [0.5, 0.6) is 5.75 Å². The lowest BCUT2D eigenvalue weighted by atomic mass is 9.82. The van der Waals surface area contributed by atoms with E-state index in [0.29, 0.717) is 44.0 Å². The molecule has 2 amide bonds. The molecule has 1 N–H and O–H groups in total. The molecule has 46 heavy (non-hydrogen) atoms. The van der Waals surface area contributed by atoms with Gasteiger partial charge in [-0.25, -0.2) is 17.6 Å². The number of nitrogens with zero attached hydrogens (tertiary/aromatic N) is 2. The van der Waals surface area contributed by atoms with Gasteiger partial charge in [0.25, 0.3) is 5.91 Å². The molecule has 1 unspecified atom stereocenters. The van der Waals surface area contributed by atoms with Crippen LogP contribution in [0.15, 0.2) is 60.2 Å². The molecule has 0 aromatic heterocycles. The lowest BCUT2D eigenvalue weighted by Gasteiger charge is -2.44. The van der Waals surface area contributed by atoms with Gasteiger partial charge in [0.05, 0.1) is 12.6 Å². The van der Waals surface area contributed by atoms with Crippen LogP contribution >= 0.6 is 0 Å². The SMILES string of the molecule is CC(=O)N1CC2CC(c3ccc(CCCOc4c(F)ccc(F)c4F)cc3)=C(C(=O)N(Cc3cccc(F)c3F)C3CC3)[C@@H](C1)N2. The molecule has 1 saturated carbocycles. The Kier molecular flexibility index (Phi) is 9.13. The largest absolute Gasteiger partial charge is 0.488 e. The summed E-state index contributed by atoms with van der Waals surface area (Å²) < 4.78 is 75.1. The number of halogens is 5. The van der Waals surface area contributed by atoms with Crippen LogP contribution in [0.4, 0.5) is 22.0 Å². The summed E-state index contributed by atoms with van der Waals surface area (Å²) in [5.74, 6) is -6.53. The van der Waals surface area contributed by atoms with Crippen LogP contribution in [-0.4, -0.2) is 59.4 Å². The summed E-state index contributed by atoms with van der Waals surface area (Å²) in [7, 11) is 0. The van der Waals surface area contributed by atoms with E-state index in [2.05, 4.69) is 5.32 Å². The maximum Gasteiger partial charge on any atom is 0.252 e. The number of carbonyl (C=O) groups is 2. The smallest absolute Gasteiger partial charge is 0.252 e. The first-order chi connectivity index (χ1) is 22.1. The Bertz CT molecular complexity index is 1670. The number of amides is 2. The zero-order valence-electron chi connectivity index (χ0n) is 25.3. The molecule has 0 spiro atoms. The van der Waals surface area contributed by atoms with Crippen LogP contribution < -0.4 is 10.1 Å². The van der Waals surface area contributed by atoms with E-state index < -0.39 is 40.9 Å². The first kappa shape index (κ1) is 31.7. The van der Waals surface area contributed by atoms with Gasteiger partial charge in [0.15, 0.2) is 29.0 Å². The van der Waals surface area contributed by atoms with Crippen molar-refractivity contribution in [1.82, 2.24) is 15.1 Å². The Hall–Kier alpha value is -4.25. The van der Waals surface area contributed by atoms with E-state index in [4.69, 9.17) is 4.74 Å². The summed E-state index contributed by atoms with van der Waals surface area (Å²) in [5.41, 5.74) is 3.24. The van der Waals surface area contributed by atoms with Gasteiger partial charge >= 0.3 is 0 Å². The van der Waals surface area contributed by atoms with E-state index in [1.807, 2.05) is 24.3 Å². The topological polar surface area (TPSA) is 61.9 Å². The molecule has 0 radical (unpaired) electrons. The summed E-state index contributed by atoms with van der Waals surface area (Å²) >= 11 is 0. The molecule has 2 atom stereocenters. The number of carbonyl (C=O) groups excluding carboxylic acids is 2. The number of piperazine rings is 1. The van der Waals surface area contributed by atoms with E-state index in [-0.39, 0.29) is 42.6 Å². The maximum atomic E-state index is 14.7. The predicted octanol–water partition coefficient (Wildman–Crippen LogP) is 5.93. The second kappa shape index (κ2) is 13.2. The molecule has 1 saturated heterocycles. The molecule has 2 aliphatic heterocycles. The van der Waals surface area contributed by atoms with Crippen molar-refractivity contribution in [3.8, 4) is 5.75 Å². The highest BCUT2D eigenvalue weighted by Crippen LogP contribution is 2.38. The summed E-state index contributed by atoms with van der Waals surface area (Å²) in [5, 5.41) is 3.51. The van der Waals surface area contributed by atoms with Crippen molar-refractivity contribution in [3.63, 3.8) is 0 Å². The number of benzene rings is 3. The molecular formula is C35H34F5N3O3. The van der Waals surface area contributed by atoms with Crippen molar-refractivity contribution < 1.29 is 36.3 Å². The predicted molar refractivity (Wildman–Crippen MR) is 161 cm³/mol. The van der Waals surface area contributed by atoms with Gasteiger partial charge in [0.2, 0.25) is 11.7 Å². The molecule has 11 heteroatoms. The van der Waals surface area contributed by atoms with E-state index in [0.717, 1.165) is 41.7 Å². The Labute approximate surface area is 263 Å². The minimum Gasteiger partial charge on any atom is -0.488 e. The highest BCUT2D eigenvalue weighted by molar-refractivity contribution is 6.03. The Morgan fingerprint density at radius 1 is 0.913 bits per heavy atom. The second-order valence-corrected chi connectivity index (χ2v) is 12.1. The lowest BCUT2D eigenvalue weighted by Crippen LogP contribution is -2.61. The first-order valence-corrected chi connectivity index (χ1v) is 15.4. The summed E-state index contributed by atoms with van der Waals surface area (Å²) in [6.07, 6.45) is 2.97. The quantitative estimate of drug-likeness (QED) is 0.170. The monoisotopic (exact) mass is 639 g/mol. The third kappa shape index (κ3) is 6.65. The van der Waals surface area contributed by atoms with E-state index >= 15 is 0 Å². The molecule has 3 aromatic rings. The third-order valence-electron chi connectivity index (χ3n) is 8.86.